The molecule has 5 rings (SSSR count). The Morgan fingerprint density at radius 1 is 1.09 bits per heavy atom. The molecular formula is C26H32N4O3. The van der Waals surface area contributed by atoms with Gasteiger partial charge in [-0.2, -0.15) is 0 Å². The molecule has 0 radical (unpaired) electrons. The van der Waals surface area contributed by atoms with Crippen LogP contribution in [0.1, 0.15) is 34.5 Å². The van der Waals surface area contributed by atoms with Crippen LogP contribution in [0.5, 0.6) is 5.75 Å². The minimum atomic E-state index is 0.0912. The van der Waals surface area contributed by atoms with E-state index in [1.807, 2.05) is 51.9 Å². The van der Waals surface area contributed by atoms with Crippen LogP contribution in [0.15, 0.2) is 48.8 Å². The van der Waals surface area contributed by atoms with E-state index in [1.165, 1.54) is 5.56 Å². The van der Waals surface area contributed by atoms with Gasteiger partial charge in [-0.05, 0) is 55.5 Å². The molecule has 0 atom stereocenters. The molecule has 33 heavy (non-hydrogen) atoms. The highest BCUT2D eigenvalue weighted by molar-refractivity contribution is 5.94. The zero-order valence-electron chi connectivity index (χ0n) is 19.3. The average molecular weight is 449 g/mol. The third-order valence-corrected chi connectivity index (χ3v) is 6.64. The number of aryl methyl sites for hydroxylation is 1. The Morgan fingerprint density at radius 3 is 2.73 bits per heavy atom. The first-order valence-electron chi connectivity index (χ1n) is 11.9. The summed E-state index contributed by atoms with van der Waals surface area (Å²) in [5.41, 5.74) is 3.63. The Hall–Kier alpha value is -2.90. The first-order valence-corrected chi connectivity index (χ1v) is 11.9. The molecule has 3 aromatic rings. The number of ether oxygens (including phenoxy) is 2. The number of carbonyl (C=O) groups excluding carboxylic acids is 1. The molecular weight excluding hydrogens is 416 g/mol. The molecule has 2 aliphatic heterocycles. The number of aromatic nitrogens is 2. The number of nitrogens with zero attached hydrogens (tertiary/aromatic N) is 4. The van der Waals surface area contributed by atoms with E-state index in [9.17, 15) is 4.79 Å². The van der Waals surface area contributed by atoms with E-state index in [2.05, 4.69) is 23.0 Å². The molecule has 0 bridgehead atoms. The van der Waals surface area contributed by atoms with Crippen molar-refractivity contribution in [1.82, 2.24) is 19.2 Å². The highest BCUT2D eigenvalue weighted by atomic mass is 16.5. The second kappa shape index (κ2) is 9.93. The number of fused-ring (bicyclic) bond motifs is 1. The number of likely N-dealkylation sites (tertiary alicyclic amines) is 1. The van der Waals surface area contributed by atoms with E-state index >= 15 is 0 Å². The molecule has 0 spiro atoms. The largest absolute Gasteiger partial charge is 0.487 e. The molecule has 2 saturated heterocycles. The van der Waals surface area contributed by atoms with Gasteiger partial charge in [-0.3, -0.25) is 9.69 Å². The molecule has 174 valence electrons. The van der Waals surface area contributed by atoms with Crippen molar-refractivity contribution in [1.29, 1.82) is 0 Å². The first-order chi connectivity index (χ1) is 16.1. The van der Waals surface area contributed by atoms with Crippen molar-refractivity contribution in [2.75, 3.05) is 45.9 Å². The van der Waals surface area contributed by atoms with Crippen LogP contribution in [-0.2, 0) is 11.3 Å². The molecule has 7 heteroatoms. The Morgan fingerprint density at radius 2 is 1.91 bits per heavy atom. The summed E-state index contributed by atoms with van der Waals surface area (Å²) in [6, 6.07) is 11.6. The van der Waals surface area contributed by atoms with Crippen molar-refractivity contribution in [2.24, 2.45) is 5.92 Å². The summed E-state index contributed by atoms with van der Waals surface area (Å²) >= 11 is 0. The lowest BCUT2D eigenvalue weighted by molar-refractivity contribution is 0.0243. The van der Waals surface area contributed by atoms with E-state index < -0.39 is 0 Å². The normalized spacial score (nSPS) is 18.0. The minimum Gasteiger partial charge on any atom is -0.487 e. The molecule has 7 nitrogen and oxygen atoms in total. The summed E-state index contributed by atoms with van der Waals surface area (Å²) < 4.78 is 13.4. The zero-order valence-corrected chi connectivity index (χ0v) is 19.3. The Balaban J connectivity index is 1.15. The van der Waals surface area contributed by atoms with E-state index in [-0.39, 0.29) is 5.91 Å². The second-order valence-electron chi connectivity index (χ2n) is 9.17. The number of benzene rings is 1. The van der Waals surface area contributed by atoms with E-state index in [0.29, 0.717) is 23.8 Å². The van der Waals surface area contributed by atoms with Crippen LogP contribution in [0.3, 0.4) is 0 Å². The fraction of sp³-hybridized carbons (Fsp3) is 0.462. The number of hydrogen-bond donors (Lipinski definition) is 0. The van der Waals surface area contributed by atoms with Crippen LogP contribution < -0.4 is 4.74 Å². The monoisotopic (exact) mass is 448 g/mol. The average Bonchev–Trinajstić information content (AvgIpc) is 3.26. The Bertz CT molecular complexity index is 1100. The molecule has 1 aromatic carbocycles. The number of morpholine rings is 1. The predicted molar refractivity (Wildman–Crippen MR) is 127 cm³/mol. The Labute approximate surface area is 194 Å². The fourth-order valence-corrected chi connectivity index (χ4v) is 4.75. The van der Waals surface area contributed by atoms with Crippen molar-refractivity contribution < 1.29 is 14.3 Å². The lowest BCUT2D eigenvalue weighted by Crippen LogP contribution is -2.44. The quantitative estimate of drug-likeness (QED) is 0.579. The van der Waals surface area contributed by atoms with E-state index in [4.69, 9.17) is 9.47 Å². The van der Waals surface area contributed by atoms with Gasteiger partial charge in [-0.15, -0.1) is 0 Å². The summed E-state index contributed by atoms with van der Waals surface area (Å²) in [4.78, 5) is 22.2. The van der Waals surface area contributed by atoms with Crippen LogP contribution >= 0.6 is 0 Å². The number of piperidine rings is 1. The van der Waals surface area contributed by atoms with Gasteiger partial charge in [0.25, 0.3) is 5.91 Å². The third kappa shape index (κ3) is 5.37. The summed E-state index contributed by atoms with van der Waals surface area (Å²) in [5, 5.41) is 0. The molecule has 0 N–H and O–H groups in total. The van der Waals surface area contributed by atoms with Crippen LogP contribution in [0.2, 0.25) is 0 Å². The van der Waals surface area contributed by atoms with Crippen LogP contribution in [0.4, 0.5) is 0 Å². The van der Waals surface area contributed by atoms with Gasteiger partial charge in [0, 0.05) is 50.7 Å². The van der Waals surface area contributed by atoms with Gasteiger partial charge >= 0.3 is 0 Å². The lowest BCUT2D eigenvalue weighted by atomic mass is 9.95. The summed E-state index contributed by atoms with van der Waals surface area (Å²) in [6.07, 6.45) is 6.16. The number of rotatable bonds is 6. The van der Waals surface area contributed by atoms with Gasteiger partial charge in [-0.25, -0.2) is 4.98 Å². The van der Waals surface area contributed by atoms with Crippen molar-refractivity contribution in [3.8, 4) is 5.75 Å². The lowest BCUT2D eigenvalue weighted by Gasteiger charge is -2.36. The van der Waals surface area contributed by atoms with Crippen LogP contribution in [-0.4, -0.2) is 71.0 Å². The topological polar surface area (TPSA) is 59.3 Å². The summed E-state index contributed by atoms with van der Waals surface area (Å²) in [5.74, 6) is 1.45. The fourth-order valence-electron chi connectivity index (χ4n) is 4.75. The summed E-state index contributed by atoms with van der Waals surface area (Å²) in [7, 11) is 0. The molecule has 0 aliphatic carbocycles. The minimum absolute atomic E-state index is 0.0912. The van der Waals surface area contributed by atoms with Gasteiger partial charge in [0.2, 0.25) is 0 Å². The number of hydrogen-bond acceptors (Lipinski definition) is 5. The van der Waals surface area contributed by atoms with Crippen molar-refractivity contribution in [2.45, 2.75) is 26.4 Å². The highest BCUT2D eigenvalue weighted by Gasteiger charge is 2.25. The predicted octanol–water partition coefficient (Wildman–Crippen LogP) is 3.41. The van der Waals surface area contributed by atoms with Gasteiger partial charge < -0.3 is 18.8 Å². The van der Waals surface area contributed by atoms with Gasteiger partial charge in [-0.1, -0.05) is 12.1 Å². The first kappa shape index (κ1) is 21.9. The number of pyridine rings is 1. The van der Waals surface area contributed by atoms with Gasteiger partial charge in [0.1, 0.15) is 18.0 Å². The maximum Gasteiger partial charge on any atom is 0.253 e. The maximum absolute atomic E-state index is 13.1. The van der Waals surface area contributed by atoms with Crippen LogP contribution in [0, 0.1) is 12.8 Å². The molecule has 2 aromatic heterocycles. The molecule has 2 aliphatic rings. The van der Waals surface area contributed by atoms with Crippen molar-refractivity contribution >= 4 is 11.6 Å². The highest BCUT2D eigenvalue weighted by Crippen LogP contribution is 2.22. The molecule has 1 amide bonds. The van der Waals surface area contributed by atoms with Crippen molar-refractivity contribution in [3.05, 3.63) is 65.6 Å². The Kier molecular flexibility index (Phi) is 6.60. The number of carbonyl (C=O) groups is 1. The zero-order chi connectivity index (χ0) is 22.6. The second-order valence-corrected chi connectivity index (χ2v) is 9.17. The maximum atomic E-state index is 13.1. The molecule has 4 heterocycles. The molecule has 2 fully saturated rings. The molecule has 0 unspecified atom stereocenters. The van der Waals surface area contributed by atoms with Crippen LogP contribution in [0.25, 0.3) is 5.65 Å². The number of imidazole rings is 1. The molecule has 0 saturated carbocycles. The van der Waals surface area contributed by atoms with E-state index in [1.54, 1.807) is 0 Å². The smallest absolute Gasteiger partial charge is 0.253 e. The third-order valence-electron chi connectivity index (χ3n) is 6.64. The van der Waals surface area contributed by atoms with Gasteiger partial charge in [0.05, 0.1) is 18.9 Å². The van der Waals surface area contributed by atoms with Gasteiger partial charge in [0.15, 0.2) is 0 Å². The van der Waals surface area contributed by atoms with E-state index in [0.717, 1.165) is 70.1 Å². The standard InChI is InChI=1S/C26H32N4O3/c1-20-5-6-25-27-23(18-30(25)16-20)19-33-24-4-2-3-22(15-24)26(31)29-9-7-21(8-10-29)17-28-11-13-32-14-12-28/h2-6,15-16,18,21H,7-14,17,19H2,1H3. The van der Waals surface area contributed by atoms with Crippen molar-refractivity contribution in [3.63, 3.8) is 0 Å². The number of amides is 1. The summed E-state index contributed by atoms with van der Waals surface area (Å²) in [6.45, 7) is 8.92. The SMILES string of the molecule is Cc1ccc2nc(COc3cccc(C(=O)N4CCC(CN5CCOCC5)CC4)c3)cn2c1.